The SMILES string of the molecule is COc1ccc2c(c1)SC(CO)C(C)N2C. The predicted octanol–water partition coefficient (Wildman–Crippen LogP) is 1.99. The fourth-order valence-corrected chi connectivity index (χ4v) is 3.22. The number of ether oxygens (including phenoxy) is 1. The molecule has 0 bridgehead atoms. The van der Waals surface area contributed by atoms with Gasteiger partial charge in [-0.25, -0.2) is 0 Å². The highest BCUT2D eigenvalue weighted by molar-refractivity contribution is 8.00. The van der Waals surface area contributed by atoms with Crippen molar-refractivity contribution in [3.63, 3.8) is 0 Å². The molecule has 1 aromatic carbocycles. The molecule has 1 N–H and O–H groups in total. The number of aliphatic hydroxyl groups excluding tert-OH is 1. The normalized spacial score (nSPS) is 24.1. The van der Waals surface area contributed by atoms with Crippen molar-refractivity contribution in [2.45, 2.75) is 23.1 Å². The van der Waals surface area contributed by atoms with E-state index in [-0.39, 0.29) is 11.9 Å². The quantitative estimate of drug-likeness (QED) is 0.855. The van der Waals surface area contributed by atoms with Crippen LogP contribution in [0.25, 0.3) is 0 Å². The molecule has 16 heavy (non-hydrogen) atoms. The summed E-state index contributed by atoms with van der Waals surface area (Å²) in [7, 11) is 3.74. The third-order valence-electron chi connectivity index (χ3n) is 3.15. The van der Waals surface area contributed by atoms with Crippen LogP contribution in [-0.4, -0.2) is 37.2 Å². The van der Waals surface area contributed by atoms with E-state index in [0.29, 0.717) is 6.04 Å². The van der Waals surface area contributed by atoms with E-state index in [9.17, 15) is 5.11 Å². The molecule has 3 nitrogen and oxygen atoms in total. The van der Waals surface area contributed by atoms with Gasteiger partial charge in [0.1, 0.15) is 5.75 Å². The first-order chi connectivity index (χ1) is 7.67. The van der Waals surface area contributed by atoms with Crippen LogP contribution in [0.4, 0.5) is 5.69 Å². The number of anilines is 1. The molecule has 1 heterocycles. The Balaban J connectivity index is 2.38. The molecule has 0 saturated heterocycles. The number of nitrogens with zero attached hydrogens (tertiary/aromatic N) is 1. The summed E-state index contributed by atoms with van der Waals surface area (Å²) in [5, 5.41) is 9.58. The van der Waals surface area contributed by atoms with E-state index in [2.05, 4.69) is 24.9 Å². The van der Waals surface area contributed by atoms with Gasteiger partial charge in [0.15, 0.2) is 0 Å². The minimum atomic E-state index is 0.201. The Kier molecular flexibility index (Phi) is 3.30. The molecule has 88 valence electrons. The lowest BCUT2D eigenvalue weighted by atomic mass is 10.1. The smallest absolute Gasteiger partial charge is 0.120 e. The zero-order valence-corrected chi connectivity index (χ0v) is 10.6. The standard InChI is InChI=1S/C12H17NO2S/c1-8-12(7-14)16-11-6-9(15-3)4-5-10(11)13(8)2/h4-6,8,12,14H,7H2,1-3H3. The summed E-state index contributed by atoms with van der Waals surface area (Å²) < 4.78 is 5.22. The van der Waals surface area contributed by atoms with Crippen LogP contribution >= 0.6 is 11.8 Å². The van der Waals surface area contributed by atoms with Crippen molar-refractivity contribution in [3.8, 4) is 5.75 Å². The van der Waals surface area contributed by atoms with Crippen molar-refractivity contribution in [2.24, 2.45) is 0 Å². The van der Waals surface area contributed by atoms with Crippen molar-refractivity contribution in [2.75, 3.05) is 25.7 Å². The van der Waals surface area contributed by atoms with Gasteiger partial charge in [0.2, 0.25) is 0 Å². The van der Waals surface area contributed by atoms with Gasteiger partial charge < -0.3 is 14.7 Å². The number of fused-ring (bicyclic) bond motifs is 1. The van der Waals surface area contributed by atoms with Gasteiger partial charge in [-0.2, -0.15) is 0 Å². The Morgan fingerprint density at radius 3 is 2.88 bits per heavy atom. The molecule has 1 aliphatic heterocycles. The van der Waals surface area contributed by atoms with Gasteiger partial charge in [-0.3, -0.25) is 0 Å². The highest BCUT2D eigenvalue weighted by atomic mass is 32.2. The molecule has 0 aromatic heterocycles. The Bertz CT molecular complexity index is 383. The van der Waals surface area contributed by atoms with Crippen LogP contribution in [0.15, 0.2) is 23.1 Å². The van der Waals surface area contributed by atoms with Gasteiger partial charge in [0.05, 0.1) is 24.7 Å². The second-order valence-corrected chi connectivity index (χ2v) is 5.31. The summed E-state index contributed by atoms with van der Waals surface area (Å²) in [4.78, 5) is 3.39. The number of methoxy groups -OCH3 is 1. The Morgan fingerprint density at radius 2 is 2.25 bits per heavy atom. The fraction of sp³-hybridized carbons (Fsp3) is 0.500. The van der Waals surface area contributed by atoms with Gasteiger partial charge in [-0.1, -0.05) is 0 Å². The molecule has 4 heteroatoms. The van der Waals surface area contributed by atoms with Gasteiger partial charge in [-0.05, 0) is 25.1 Å². The third kappa shape index (κ3) is 1.87. The largest absolute Gasteiger partial charge is 0.497 e. The zero-order valence-electron chi connectivity index (χ0n) is 9.80. The van der Waals surface area contributed by atoms with E-state index >= 15 is 0 Å². The summed E-state index contributed by atoms with van der Waals surface area (Å²) in [6.45, 7) is 2.34. The maximum Gasteiger partial charge on any atom is 0.120 e. The van der Waals surface area contributed by atoms with E-state index in [1.807, 2.05) is 12.1 Å². The van der Waals surface area contributed by atoms with Gasteiger partial charge >= 0.3 is 0 Å². The van der Waals surface area contributed by atoms with Crippen molar-refractivity contribution in [1.82, 2.24) is 0 Å². The maximum absolute atomic E-state index is 9.35. The minimum Gasteiger partial charge on any atom is -0.497 e. The van der Waals surface area contributed by atoms with Crippen LogP contribution < -0.4 is 9.64 Å². The predicted molar refractivity (Wildman–Crippen MR) is 67.6 cm³/mol. The molecule has 2 atom stereocenters. The minimum absolute atomic E-state index is 0.201. The van der Waals surface area contributed by atoms with Crippen molar-refractivity contribution in [1.29, 1.82) is 0 Å². The van der Waals surface area contributed by atoms with Crippen molar-refractivity contribution in [3.05, 3.63) is 18.2 Å². The maximum atomic E-state index is 9.35. The van der Waals surface area contributed by atoms with Crippen molar-refractivity contribution < 1.29 is 9.84 Å². The molecular formula is C12H17NO2S. The second-order valence-electron chi connectivity index (χ2n) is 4.02. The number of benzene rings is 1. The van der Waals surface area contributed by atoms with Crippen LogP contribution in [0.2, 0.25) is 0 Å². The molecule has 1 aliphatic rings. The first-order valence-corrected chi connectivity index (χ1v) is 6.23. The third-order valence-corrected chi connectivity index (χ3v) is 4.58. The number of thioether (sulfide) groups is 1. The molecule has 0 fully saturated rings. The first-order valence-electron chi connectivity index (χ1n) is 5.35. The topological polar surface area (TPSA) is 32.7 Å². The molecule has 0 saturated carbocycles. The lowest BCUT2D eigenvalue weighted by Crippen LogP contribution is -2.42. The highest BCUT2D eigenvalue weighted by Gasteiger charge is 2.29. The Hall–Kier alpha value is -0.870. The molecule has 2 rings (SSSR count). The van der Waals surface area contributed by atoms with Gasteiger partial charge in [-0.15, -0.1) is 11.8 Å². The monoisotopic (exact) mass is 239 g/mol. The summed E-state index contributed by atoms with van der Waals surface area (Å²) >= 11 is 1.73. The molecule has 0 radical (unpaired) electrons. The van der Waals surface area contributed by atoms with Crippen LogP contribution in [0.3, 0.4) is 0 Å². The Labute approximate surface area is 100 Å². The molecule has 0 aliphatic carbocycles. The average molecular weight is 239 g/mol. The average Bonchev–Trinajstić information content (AvgIpc) is 2.33. The van der Waals surface area contributed by atoms with E-state index in [0.717, 1.165) is 5.75 Å². The summed E-state index contributed by atoms with van der Waals surface area (Å²) in [6.07, 6.45) is 0. The molecular weight excluding hydrogens is 222 g/mol. The molecule has 2 unspecified atom stereocenters. The van der Waals surface area contributed by atoms with Crippen LogP contribution in [0.5, 0.6) is 5.75 Å². The van der Waals surface area contributed by atoms with E-state index in [1.54, 1.807) is 18.9 Å². The van der Waals surface area contributed by atoms with Crippen LogP contribution in [0, 0.1) is 0 Å². The Morgan fingerprint density at radius 1 is 1.50 bits per heavy atom. The number of hydrogen-bond acceptors (Lipinski definition) is 4. The van der Waals surface area contributed by atoms with Crippen LogP contribution in [-0.2, 0) is 0 Å². The zero-order chi connectivity index (χ0) is 11.7. The highest BCUT2D eigenvalue weighted by Crippen LogP contribution is 2.42. The number of hydrogen-bond donors (Lipinski definition) is 1. The fourth-order valence-electron chi connectivity index (χ4n) is 1.93. The summed E-state index contributed by atoms with van der Waals surface area (Å²) in [6, 6.07) is 6.42. The van der Waals surface area contributed by atoms with E-state index < -0.39 is 0 Å². The van der Waals surface area contributed by atoms with E-state index in [1.165, 1.54) is 10.6 Å². The molecule has 1 aromatic rings. The van der Waals surface area contributed by atoms with E-state index in [4.69, 9.17) is 4.74 Å². The number of aliphatic hydroxyl groups is 1. The number of rotatable bonds is 2. The summed E-state index contributed by atoms with van der Waals surface area (Å²) in [5.41, 5.74) is 1.21. The first kappa shape index (κ1) is 11.6. The lowest BCUT2D eigenvalue weighted by Gasteiger charge is -2.38. The van der Waals surface area contributed by atoms with Crippen molar-refractivity contribution >= 4 is 17.4 Å². The second kappa shape index (κ2) is 4.55. The molecule has 0 spiro atoms. The van der Waals surface area contributed by atoms with Gasteiger partial charge in [0, 0.05) is 18.0 Å². The lowest BCUT2D eigenvalue weighted by molar-refractivity contribution is 0.282. The summed E-state index contributed by atoms with van der Waals surface area (Å²) in [5.74, 6) is 0.867. The molecule has 0 amide bonds. The van der Waals surface area contributed by atoms with Gasteiger partial charge in [0.25, 0.3) is 0 Å². The van der Waals surface area contributed by atoms with Crippen LogP contribution in [0.1, 0.15) is 6.92 Å².